The first kappa shape index (κ1) is 22.5. The van der Waals surface area contributed by atoms with E-state index < -0.39 is 5.97 Å². The molecule has 0 saturated heterocycles. The van der Waals surface area contributed by atoms with Crippen LogP contribution in [0.25, 0.3) is 10.6 Å². The molecule has 0 aliphatic heterocycles. The molecule has 2 aromatic carbocycles. The number of hydrogen-bond donors (Lipinski definition) is 0. The Kier molecular flexibility index (Phi) is 6.75. The molecule has 0 aliphatic carbocycles. The van der Waals surface area contributed by atoms with Crippen LogP contribution >= 0.6 is 11.3 Å². The number of aromatic nitrogens is 1. The van der Waals surface area contributed by atoms with Crippen molar-refractivity contribution in [2.75, 3.05) is 14.2 Å². The van der Waals surface area contributed by atoms with Crippen LogP contribution in [0.4, 0.5) is 0 Å². The van der Waals surface area contributed by atoms with Gasteiger partial charge in [0.2, 0.25) is 0 Å². The largest absolute Gasteiger partial charge is 0.493 e. The number of esters is 1. The van der Waals surface area contributed by atoms with E-state index in [-0.39, 0.29) is 18.1 Å². The second-order valence-corrected chi connectivity index (χ2v) is 8.09. The summed E-state index contributed by atoms with van der Waals surface area (Å²) in [5.74, 6) is 0.704. The maximum atomic E-state index is 12.6. The third-order valence-corrected chi connectivity index (χ3v) is 6.07. The zero-order chi connectivity index (χ0) is 22.7. The molecule has 3 aromatic rings. The number of rotatable bonds is 7. The molecule has 3 rings (SSSR count). The summed E-state index contributed by atoms with van der Waals surface area (Å²) in [6.07, 6.45) is 0. The molecule has 0 N–H and O–H groups in total. The fourth-order valence-corrected chi connectivity index (χ4v) is 4.46. The normalized spacial score (nSPS) is 10.6. The average Bonchev–Trinajstić information content (AvgIpc) is 3.22. The lowest BCUT2D eigenvalue weighted by Crippen LogP contribution is -2.10. The van der Waals surface area contributed by atoms with Crippen molar-refractivity contribution in [1.29, 1.82) is 0 Å². The number of hydrogen-bond acceptors (Lipinski definition) is 7. The number of carbonyl (C=O) groups is 2. The highest BCUT2D eigenvalue weighted by molar-refractivity contribution is 7.13. The van der Waals surface area contributed by atoms with Gasteiger partial charge in [-0.25, -0.2) is 9.78 Å². The average molecular weight is 440 g/mol. The predicted octanol–water partition coefficient (Wildman–Crippen LogP) is 5.31. The summed E-state index contributed by atoms with van der Waals surface area (Å²) >= 11 is 1.35. The van der Waals surface area contributed by atoms with E-state index in [1.165, 1.54) is 11.3 Å². The van der Waals surface area contributed by atoms with Crippen LogP contribution in [0.3, 0.4) is 0 Å². The van der Waals surface area contributed by atoms with Gasteiger partial charge in [-0.1, -0.05) is 6.07 Å². The molecule has 1 heterocycles. The van der Waals surface area contributed by atoms with Gasteiger partial charge < -0.3 is 14.2 Å². The summed E-state index contributed by atoms with van der Waals surface area (Å²) in [4.78, 5) is 29.0. The molecule has 0 unspecified atom stereocenters. The molecule has 6 nitrogen and oxygen atoms in total. The Labute approximate surface area is 185 Å². The molecule has 0 saturated carbocycles. The molecule has 0 fully saturated rings. The second-order valence-electron chi connectivity index (χ2n) is 7.23. The van der Waals surface area contributed by atoms with Crippen LogP contribution in [0.15, 0.2) is 29.6 Å². The summed E-state index contributed by atoms with van der Waals surface area (Å²) < 4.78 is 16.1. The van der Waals surface area contributed by atoms with E-state index in [0.29, 0.717) is 22.1 Å². The Balaban J connectivity index is 1.79. The van der Waals surface area contributed by atoms with Gasteiger partial charge in [0, 0.05) is 16.5 Å². The minimum Gasteiger partial charge on any atom is -0.493 e. The van der Waals surface area contributed by atoms with Crippen molar-refractivity contribution in [3.63, 3.8) is 0 Å². The quantitative estimate of drug-likeness (QED) is 0.367. The fraction of sp³-hybridized carbons (Fsp3) is 0.292. The highest BCUT2D eigenvalue weighted by Gasteiger charge is 2.18. The van der Waals surface area contributed by atoms with E-state index in [1.54, 1.807) is 32.6 Å². The minimum atomic E-state index is -0.508. The van der Waals surface area contributed by atoms with Gasteiger partial charge in [0.25, 0.3) is 0 Å². The predicted molar refractivity (Wildman–Crippen MR) is 120 cm³/mol. The van der Waals surface area contributed by atoms with Crippen molar-refractivity contribution in [2.45, 2.75) is 34.3 Å². The Hall–Kier alpha value is -3.19. The van der Waals surface area contributed by atoms with Crippen LogP contribution in [0, 0.1) is 20.8 Å². The summed E-state index contributed by atoms with van der Waals surface area (Å²) in [6, 6.07) is 7.42. The number of nitrogens with zero attached hydrogens (tertiary/aromatic N) is 1. The number of Topliss-reactive ketones (excluding diaryl/α,β-unsaturated/α-hetero) is 1. The lowest BCUT2D eigenvalue weighted by atomic mass is 9.92. The van der Waals surface area contributed by atoms with Gasteiger partial charge in [-0.2, -0.15) is 0 Å². The van der Waals surface area contributed by atoms with Crippen LogP contribution in [0.2, 0.25) is 0 Å². The molecular weight excluding hydrogens is 414 g/mol. The number of ether oxygens (including phenoxy) is 3. The number of methoxy groups -OCH3 is 2. The molecule has 0 aliphatic rings. The number of thiazole rings is 1. The van der Waals surface area contributed by atoms with Gasteiger partial charge in [-0.15, -0.1) is 11.3 Å². The lowest BCUT2D eigenvalue weighted by molar-refractivity contribution is 0.0465. The summed E-state index contributed by atoms with van der Waals surface area (Å²) in [7, 11) is 3.14. The van der Waals surface area contributed by atoms with Crippen molar-refractivity contribution in [3.8, 4) is 22.1 Å². The van der Waals surface area contributed by atoms with Crippen LogP contribution in [0.5, 0.6) is 11.5 Å². The Bertz CT molecular complexity index is 1150. The maximum Gasteiger partial charge on any atom is 0.358 e. The first-order chi connectivity index (χ1) is 14.8. The van der Waals surface area contributed by atoms with Crippen molar-refractivity contribution in [1.82, 2.24) is 4.98 Å². The maximum absolute atomic E-state index is 12.6. The first-order valence-corrected chi connectivity index (χ1v) is 10.6. The van der Waals surface area contributed by atoms with E-state index in [4.69, 9.17) is 14.2 Å². The first-order valence-electron chi connectivity index (χ1n) is 9.72. The smallest absolute Gasteiger partial charge is 0.358 e. The molecule has 1 aromatic heterocycles. The van der Waals surface area contributed by atoms with Crippen molar-refractivity contribution in [2.24, 2.45) is 0 Å². The van der Waals surface area contributed by atoms with Crippen molar-refractivity contribution < 1.29 is 23.8 Å². The second kappa shape index (κ2) is 9.31. The molecule has 0 bridgehead atoms. The van der Waals surface area contributed by atoms with E-state index in [0.717, 1.165) is 27.8 Å². The van der Waals surface area contributed by atoms with Gasteiger partial charge in [-0.05, 0) is 68.1 Å². The van der Waals surface area contributed by atoms with Crippen molar-refractivity contribution >= 4 is 23.1 Å². The number of benzene rings is 2. The number of ketones is 1. The van der Waals surface area contributed by atoms with E-state index in [9.17, 15) is 9.59 Å². The Morgan fingerprint density at radius 1 is 1.00 bits per heavy atom. The SMILES string of the molecule is COc1ccc(-c2nc(C(=O)OCc3c(C)cc(C)c(C(C)=O)c3C)cs2)cc1OC. The van der Waals surface area contributed by atoms with E-state index in [2.05, 4.69) is 4.98 Å². The minimum absolute atomic E-state index is 0.00152. The van der Waals surface area contributed by atoms with Crippen LogP contribution < -0.4 is 9.47 Å². The molecular formula is C24H25NO5S. The van der Waals surface area contributed by atoms with Crippen molar-refractivity contribution in [3.05, 3.63) is 63.2 Å². The molecule has 0 amide bonds. The fourth-order valence-electron chi connectivity index (χ4n) is 3.67. The molecule has 0 radical (unpaired) electrons. The number of aryl methyl sites for hydroxylation is 2. The summed E-state index contributed by atoms with van der Waals surface area (Å²) in [5.41, 5.74) is 5.35. The summed E-state index contributed by atoms with van der Waals surface area (Å²) in [6.45, 7) is 7.38. The Morgan fingerprint density at radius 2 is 1.71 bits per heavy atom. The van der Waals surface area contributed by atoms with Gasteiger partial charge in [-0.3, -0.25) is 4.79 Å². The molecule has 0 spiro atoms. The van der Waals surface area contributed by atoms with Gasteiger partial charge >= 0.3 is 5.97 Å². The van der Waals surface area contributed by atoms with Gasteiger partial charge in [0.05, 0.1) is 14.2 Å². The highest BCUT2D eigenvalue weighted by atomic mass is 32.1. The van der Waals surface area contributed by atoms with Crippen LogP contribution in [-0.4, -0.2) is 31.0 Å². The molecule has 0 atom stereocenters. The topological polar surface area (TPSA) is 74.7 Å². The zero-order valence-electron chi connectivity index (χ0n) is 18.5. The lowest BCUT2D eigenvalue weighted by Gasteiger charge is -2.15. The third-order valence-electron chi connectivity index (χ3n) is 5.17. The molecule has 162 valence electrons. The van der Waals surface area contributed by atoms with E-state index in [1.807, 2.05) is 39.0 Å². The number of carbonyl (C=O) groups excluding carboxylic acids is 2. The van der Waals surface area contributed by atoms with Gasteiger partial charge in [0.15, 0.2) is 23.0 Å². The highest BCUT2D eigenvalue weighted by Crippen LogP contribution is 2.33. The monoisotopic (exact) mass is 439 g/mol. The van der Waals surface area contributed by atoms with Crippen LogP contribution in [0.1, 0.15) is 50.0 Å². The van der Waals surface area contributed by atoms with Crippen LogP contribution in [-0.2, 0) is 11.3 Å². The summed E-state index contributed by atoms with van der Waals surface area (Å²) in [5, 5.41) is 2.35. The standard InChI is InChI=1S/C24H25NO5S/c1-13-9-14(2)22(16(4)26)15(3)18(13)11-30-24(27)19-12-31-23(25-19)17-7-8-20(28-5)21(10-17)29-6/h7-10,12H,11H2,1-6H3. The van der Waals surface area contributed by atoms with Gasteiger partial charge in [0.1, 0.15) is 11.6 Å². The Morgan fingerprint density at radius 3 is 2.35 bits per heavy atom. The third kappa shape index (κ3) is 4.61. The van der Waals surface area contributed by atoms with E-state index >= 15 is 0 Å². The molecule has 7 heteroatoms. The molecule has 31 heavy (non-hydrogen) atoms. The zero-order valence-corrected chi connectivity index (χ0v) is 19.3.